The standard InChI is InChI=1S/C10H15.C7H18NPS.2CO.W/c1-6-7(2)9(4)10(5)8(6)3;1-5-8-6(10)9-7(2,3)4;2*1-2;/h1-5H3;6,8-10H,5H2,1-4H3;;;/p-1. The van der Waals surface area contributed by atoms with Crippen molar-refractivity contribution in [1.29, 1.82) is 0 Å². The Morgan fingerprint density at radius 1 is 0.920 bits per heavy atom. The molecule has 1 radical (unpaired) electrons. The van der Waals surface area contributed by atoms with Crippen LogP contribution >= 0.6 is 8.58 Å². The van der Waals surface area contributed by atoms with Crippen LogP contribution in [0.15, 0.2) is 22.3 Å². The van der Waals surface area contributed by atoms with Crippen molar-refractivity contribution in [3.8, 4) is 0 Å². The molecule has 0 amide bonds. The molecule has 0 aromatic rings. The van der Waals surface area contributed by atoms with E-state index in [1.807, 2.05) is 0 Å². The van der Waals surface area contributed by atoms with Crippen LogP contribution in [-0.4, -0.2) is 16.8 Å². The summed E-state index contributed by atoms with van der Waals surface area (Å²) < 4.78 is 15.0. The summed E-state index contributed by atoms with van der Waals surface area (Å²) >= 11 is 5.19. The smallest absolute Gasteiger partial charge is 0 e. The Labute approximate surface area is 177 Å². The fourth-order valence-electron chi connectivity index (χ4n) is 2.04. The quantitative estimate of drug-likeness (QED) is 0.229. The van der Waals surface area contributed by atoms with Gasteiger partial charge < -0.3 is 17.9 Å². The predicted octanol–water partition coefficient (Wildman–Crippen LogP) is 5.09. The molecule has 6 heteroatoms. The molecular formula is C19H32NO2PSW-. The SMILES string of the molecule is CCNC([S-])PC(C)(C)C.C[C]1C(C)=C(C)C(C)=C1C.[C-]#[O+].[C-]#[O+].[W]. The van der Waals surface area contributed by atoms with Crippen molar-refractivity contribution < 1.29 is 30.4 Å². The van der Waals surface area contributed by atoms with Crippen molar-refractivity contribution >= 4 is 21.2 Å². The molecule has 0 aromatic heterocycles. The van der Waals surface area contributed by atoms with Crippen LogP contribution in [0, 0.1) is 19.2 Å². The number of rotatable bonds is 3. The van der Waals surface area contributed by atoms with Gasteiger partial charge in [-0.3, -0.25) is 0 Å². The first-order valence-corrected chi connectivity index (χ1v) is 9.33. The molecule has 1 aliphatic rings. The van der Waals surface area contributed by atoms with E-state index in [-0.39, 0.29) is 26.2 Å². The summed E-state index contributed by atoms with van der Waals surface area (Å²) in [6, 6.07) is 0. The zero-order valence-electron chi connectivity index (χ0n) is 16.9. The van der Waals surface area contributed by atoms with Gasteiger partial charge in [0.2, 0.25) is 0 Å². The Balaban J connectivity index is -0.000000142. The third-order valence-electron chi connectivity index (χ3n) is 3.77. The molecule has 0 spiro atoms. The molecule has 25 heavy (non-hydrogen) atoms. The van der Waals surface area contributed by atoms with Crippen molar-refractivity contribution in [3.05, 3.63) is 41.5 Å². The van der Waals surface area contributed by atoms with Crippen LogP contribution in [0.25, 0.3) is 0 Å². The fraction of sp³-hybridized carbons (Fsp3) is 0.632. The maximum atomic E-state index is 7.50. The van der Waals surface area contributed by atoms with Crippen LogP contribution in [0.1, 0.15) is 62.3 Å². The third-order valence-corrected chi connectivity index (χ3v) is 5.62. The van der Waals surface area contributed by atoms with Crippen molar-refractivity contribution in [2.45, 2.75) is 72.6 Å². The average molecular weight is 553 g/mol. The molecule has 0 heterocycles. The molecular weight excluding hydrogens is 521 g/mol. The molecule has 2 atom stereocenters. The van der Waals surface area contributed by atoms with Crippen LogP contribution in [0.4, 0.5) is 0 Å². The van der Waals surface area contributed by atoms with E-state index in [9.17, 15) is 0 Å². The number of hydrogen-bond acceptors (Lipinski definition) is 2. The summed E-state index contributed by atoms with van der Waals surface area (Å²) in [6.45, 7) is 29.7. The molecule has 0 bridgehead atoms. The van der Waals surface area contributed by atoms with Crippen LogP contribution in [0.3, 0.4) is 0 Å². The molecule has 1 rings (SSSR count). The second kappa shape index (κ2) is 17.8. The van der Waals surface area contributed by atoms with Gasteiger partial charge >= 0.3 is 22.6 Å². The van der Waals surface area contributed by atoms with Gasteiger partial charge in [0.1, 0.15) is 0 Å². The molecule has 1 aliphatic carbocycles. The fourth-order valence-corrected chi connectivity index (χ4v) is 4.36. The van der Waals surface area contributed by atoms with E-state index in [1.165, 1.54) is 28.2 Å². The summed E-state index contributed by atoms with van der Waals surface area (Å²) in [7, 11) is 0.826. The second-order valence-corrected chi connectivity index (χ2v) is 9.71. The molecule has 0 aromatic carbocycles. The van der Waals surface area contributed by atoms with E-state index < -0.39 is 0 Å². The van der Waals surface area contributed by atoms with Crippen LogP contribution in [0.5, 0.6) is 0 Å². The van der Waals surface area contributed by atoms with E-state index in [2.05, 4.69) is 80.9 Å². The summed E-state index contributed by atoms with van der Waals surface area (Å²) in [4.78, 5) is 0. The molecule has 2 unspecified atom stereocenters. The second-order valence-electron chi connectivity index (χ2n) is 6.46. The maximum absolute atomic E-state index is 7.50. The molecule has 143 valence electrons. The monoisotopic (exact) mass is 553 g/mol. The van der Waals surface area contributed by atoms with Gasteiger partial charge in [-0.05, 0) is 50.5 Å². The minimum atomic E-state index is 0. The first kappa shape index (κ1) is 33.0. The Kier molecular flexibility index (Phi) is 23.5. The van der Waals surface area contributed by atoms with Gasteiger partial charge in [-0.25, -0.2) is 0 Å². The largest absolute Gasteiger partial charge is 0 e. The summed E-state index contributed by atoms with van der Waals surface area (Å²) in [5.41, 5.74) is 5.87. The summed E-state index contributed by atoms with van der Waals surface area (Å²) in [5.74, 6) is 1.47. The Bertz CT molecular complexity index is 435. The van der Waals surface area contributed by atoms with E-state index in [4.69, 9.17) is 21.9 Å². The van der Waals surface area contributed by atoms with Gasteiger partial charge in [-0.2, -0.15) is 0 Å². The van der Waals surface area contributed by atoms with E-state index in [1.54, 1.807) is 0 Å². The van der Waals surface area contributed by atoms with Crippen molar-refractivity contribution in [1.82, 2.24) is 5.32 Å². The topological polar surface area (TPSA) is 51.8 Å². The van der Waals surface area contributed by atoms with Gasteiger partial charge in [0.05, 0.1) is 0 Å². The van der Waals surface area contributed by atoms with Crippen molar-refractivity contribution in [3.63, 3.8) is 0 Å². The molecule has 0 aliphatic heterocycles. The average Bonchev–Trinajstić information content (AvgIpc) is 2.68. The zero-order chi connectivity index (χ0) is 20.1. The predicted molar refractivity (Wildman–Crippen MR) is 106 cm³/mol. The zero-order valence-corrected chi connectivity index (χ0v) is 21.7. The van der Waals surface area contributed by atoms with Gasteiger partial charge in [0.25, 0.3) is 0 Å². The van der Waals surface area contributed by atoms with Crippen LogP contribution in [-0.2, 0) is 43.0 Å². The minimum absolute atomic E-state index is 0. The van der Waals surface area contributed by atoms with E-state index in [0.29, 0.717) is 5.16 Å². The van der Waals surface area contributed by atoms with E-state index in [0.717, 1.165) is 15.1 Å². The maximum Gasteiger partial charge on any atom is 0 e. The van der Waals surface area contributed by atoms with Gasteiger partial charge in [0.15, 0.2) is 0 Å². The molecule has 1 N–H and O–H groups in total. The molecule has 0 fully saturated rings. The first-order chi connectivity index (χ1) is 11.0. The Morgan fingerprint density at radius 2 is 1.24 bits per heavy atom. The van der Waals surface area contributed by atoms with Crippen LogP contribution in [0.2, 0.25) is 0 Å². The normalized spacial score (nSPS) is 15.3. The Hall–Kier alpha value is 0.388. The van der Waals surface area contributed by atoms with Crippen LogP contribution < -0.4 is 5.32 Å². The molecule has 3 nitrogen and oxygen atoms in total. The molecule has 0 saturated heterocycles. The Morgan fingerprint density at radius 3 is 1.40 bits per heavy atom. The number of hydrogen-bond donors (Lipinski definition) is 1. The number of allylic oxidation sites excluding steroid dienone is 4. The van der Waals surface area contributed by atoms with Gasteiger partial charge in [-0.15, -0.1) is 8.58 Å². The van der Waals surface area contributed by atoms with Gasteiger partial charge in [-0.1, -0.05) is 50.9 Å². The third kappa shape index (κ3) is 15.2. The van der Waals surface area contributed by atoms with Crippen molar-refractivity contribution in [2.75, 3.05) is 6.54 Å². The summed E-state index contributed by atoms with van der Waals surface area (Å²) in [6.07, 6.45) is 0. The van der Waals surface area contributed by atoms with Gasteiger partial charge in [0, 0.05) is 27.0 Å². The first-order valence-electron chi connectivity index (χ1n) is 7.78. The number of nitrogens with one attached hydrogen (secondary N) is 1. The summed E-state index contributed by atoms with van der Waals surface area (Å²) in [5, 5.41) is 3.88. The molecule has 0 saturated carbocycles. The van der Waals surface area contributed by atoms with E-state index >= 15 is 0 Å². The van der Waals surface area contributed by atoms with Crippen molar-refractivity contribution in [2.24, 2.45) is 0 Å². The minimum Gasteiger partial charge on any atom is 0 e.